The molecule has 8 heteroatoms. The summed E-state index contributed by atoms with van der Waals surface area (Å²) in [6.45, 7) is 6.31. The molecule has 0 saturated heterocycles. The highest BCUT2D eigenvalue weighted by Gasteiger charge is 2.29. The first-order chi connectivity index (χ1) is 18.1. The fraction of sp³-hybridized carbons (Fsp3) is 0.379. The molecule has 192 valence electrons. The van der Waals surface area contributed by atoms with Crippen molar-refractivity contribution in [1.82, 2.24) is 24.9 Å². The van der Waals surface area contributed by atoms with Gasteiger partial charge in [-0.05, 0) is 30.4 Å². The van der Waals surface area contributed by atoms with Gasteiger partial charge in [-0.3, -0.25) is 9.48 Å². The van der Waals surface area contributed by atoms with Crippen LogP contribution in [0.3, 0.4) is 0 Å². The van der Waals surface area contributed by atoms with Gasteiger partial charge in [0, 0.05) is 33.0 Å². The molecule has 0 saturated carbocycles. The maximum atomic E-state index is 12.7. The second-order valence-electron chi connectivity index (χ2n) is 9.62. The van der Waals surface area contributed by atoms with Gasteiger partial charge in [0.05, 0.1) is 12.7 Å². The molecule has 4 aromatic rings. The number of nitrogens with zero attached hydrogens (tertiary/aromatic N) is 6. The molecule has 0 N–H and O–H groups in total. The lowest BCUT2D eigenvalue weighted by Crippen LogP contribution is -2.34. The molecule has 4 bridgehead atoms. The Morgan fingerprint density at radius 1 is 1.00 bits per heavy atom. The number of benzene rings is 2. The Balaban J connectivity index is 1.61. The van der Waals surface area contributed by atoms with Crippen LogP contribution in [0.5, 0.6) is 0 Å². The average Bonchev–Trinajstić information content (AvgIpc) is 3.53. The molecule has 8 nitrogen and oxygen atoms in total. The van der Waals surface area contributed by atoms with Crippen molar-refractivity contribution in [2.75, 3.05) is 11.4 Å². The molecular formula is C29H34N6O2. The first-order valence-electron chi connectivity index (χ1n) is 13.1. The van der Waals surface area contributed by atoms with E-state index in [-0.39, 0.29) is 11.9 Å². The van der Waals surface area contributed by atoms with Crippen molar-refractivity contribution < 1.29 is 9.21 Å². The van der Waals surface area contributed by atoms with Gasteiger partial charge in [-0.1, -0.05) is 72.8 Å². The first kappa shape index (κ1) is 24.7. The van der Waals surface area contributed by atoms with Gasteiger partial charge in [-0.2, -0.15) is 0 Å². The third-order valence-corrected chi connectivity index (χ3v) is 6.84. The van der Waals surface area contributed by atoms with Crippen molar-refractivity contribution in [2.24, 2.45) is 0 Å². The summed E-state index contributed by atoms with van der Waals surface area (Å²) in [6.07, 6.45) is 5.15. The zero-order valence-corrected chi connectivity index (χ0v) is 21.6. The maximum absolute atomic E-state index is 12.7. The molecule has 1 aliphatic rings. The summed E-state index contributed by atoms with van der Waals surface area (Å²) >= 11 is 0. The molecule has 0 aliphatic carbocycles. The zero-order chi connectivity index (χ0) is 25.6. The standard InChI is InChI=1S/C29H34N6O2/c1-3-27-28-30-26(18-23-12-6-4-7-13-23)29(37-28)33(19-24-14-8-5-9-15-24)20-25-21-34(32-31-25)16-10-11-17-35(27)22(2)36/h4-9,12-15,21,27H,3,10-11,16-20H2,1-2H3. The maximum Gasteiger partial charge on any atom is 0.220 e. The van der Waals surface area contributed by atoms with E-state index >= 15 is 0 Å². The van der Waals surface area contributed by atoms with Crippen LogP contribution in [0.25, 0.3) is 0 Å². The number of hydrogen-bond acceptors (Lipinski definition) is 6. The Labute approximate surface area is 217 Å². The summed E-state index contributed by atoms with van der Waals surface area (Å²) < 4.78 is 8.51. The molecule has 3 heterocycles. The fourth-order valence-electron chi connectivity index (χ4n) is 4.99. The van der Waals surface area contributed by atoms with Crippen LogP contribution < -0.4 is 4.90 Å². The minimum absolute atomic E-state index is 0.0347. The number of aryl methyl sites for hydroxylation is 1. The molecule has 1 atom stereocenters. The van der Waals surface area contributed by atoms with E-state index in [1.165, 1.54) is 0 Å². The molecule has 1 unspecified atom stereocenters. The van der Waals surface area contributed by atoms with Crippen LogP contribution in [0.15, 0.2) is 71.3 Å². The van der Waals surface area contributed by atoms with Crippen LogP contribution in [0, 0.1) is 0 Å². The summed E-state index contributed by atoms with van der Waals surface area (Å²) in [4.78, 5) is 21.9. The molecule has 5 rings (SSSR count). The monoisotopic (exact) mass is 498 g/mol. The average molecular weight is 499 g/mol. The van der Waals surface area contributed by atoms with Crippen molar-refractivity contribution >= 4 is 11.8 Å². The van der Waals surface area contributed by atoms with E-state index in [9.17, 15) is 4.79 Å². The number of carbonyl (C=O) groups is 1. The number of anilines is 1. The number of aromatic nitrogens is 4. The third kappa shape index (κ3) is 5.90. The van der Waals surface area contributed by atoms with Crippen LogP contribution in [0.4, 0.5) is 5.88 Å². The third-order valence-electron chi connectivity index (χ3n) is 6.84. The van der Waals surface area contributed by atoms with E-state index in [0.717, 1.165) is 54.2 Å². The highest BCUT2D eigenvalue weighted by molar-refractivity contribution is 5.73. The minimum atomic E-state index is -0.215. The summed E-state index contributed by atoms with van der Waals surface area (Å²) in [5.41, 5.74) is 4.07. The van der Waals surface area contributed by atoms with Crippen molar-refractivity contribution in [3.05, 3.63) is 95.3 Å². The van der Waals surface area contributed by atoms with Gasteiger partial charge in [-0.15, -0.1) is 5.10 Å². The Kier molecular flexibility index (Phi) is 7.63. The fourth-order valence-corrected chi connectivity index (χ4v) is 4.99. The Morgan fingerprint density at radius 2 is 1.70 bits per heavy atom. The second kappa shape index (κ2) is 11.4. The summed E-state index contributed by atoms with van der Waals surface area (Å²) in [6, 6.07) is 20.4. The number of fused-ring (bicyclic) bond motifs is 4. The Bertz CT molecular complexity index is 1300. The number of oxazole rings is 1. The quantitative estimate of drug-likeness (QED) is 0.378. The van der Waals surface area contributed by atoms with Crippen molar-refractivity contribution in [3.63, 3.8) is 0 Å². The van der Waals surface area contributed by atoms with E-state index in [2.05, 4.69) is 46.4 Å². The highest BCUT2D eigenvalue weighted by Crippen LogP contribution is 2.33. The van der Waals surface area contributed by atoms with E-state index in [0.29, 0.717) is 31.9 Å². The molecule has 0 fully saturated rings. The molecule has 1 amide bonds. The van der Waals surface area contributed by atoms with Gasteiger partial charge in [0.15, 0.2) is 0 Å². The number of amides is 1. The van der Waals surface area contributed by atoms with Gasteiger partial charge < -0.3 is 14.2 Å². The molecule has 0 spiro atoms. The molecule has 0 radical (unpaired) electrons. The van der Waals surface area contributed by atoms with Crippen LogP contribution in [-0.2, 0) is 30.8 Å². The van der Waals surface area contributed by atoms with Gasteiger partial charge in [0.1, 0.15) is 17.4 Å². The lowest BCUT2D eigenvalue weighted by molar-refractivity contribution is -0.132. The normalized spacial score (nSPS) is 16.4. The molecule has 37 heavy (non-hydrogen) atoms. The summed E-state index contributed by atoms with van der Waals surface area (Å²) in [7, 11) is 0. The molecule has 1 aliphatic heterocycles. The van der Waals surface area contributed by atoms with Crippen LogP contribution in [0.1, 0.15) is 67.6 Å². The van der Waals surface area contributed by atoms with Gasteiger partial charge >= 0.3 is 0 Å². The molecular weight excluding hydrogens is 464 g/mol. The van der Waals surface area contributed by atoms with Crippen LogP contribution in [0.2, 0.25) is 0 Å². The highest BCUT2D eigenvalue weighted by atomic mass is 16.4. The lowest BCUT2D eigenvalue weighted by atomic mass is 10.1. The summed E-state index contributed by atoms with van der Waals surface area (Å²) in [5.74, 6) is 1.35. The van der Waals surface area contributed by atoms with Crippen molar-refractivity contribution in [1.29, 1.82) is 0 Å². The van der Waals surface area contributed by atoms with Gasteiger partial charge in [0.2, 0.25) is 17.7 Å². The Hall–Kier alpha value is -3.94. The van der Waals surface area contributed by atoms with Gasteiger partial charge in [0.25, 0.3) is 0 Å². The van der Waals surface area contributed by atoms with Gasteiger partial charge in [-0.25, -0.2) is 4.98 Å². The SMILES string of the molecule is CCC1c2nc(Cc3ccccc3)c(o2)N(Cc2ccccc2)Cc2cn(nn2)CCCCN1C(C)=O. The first-order valence-corrected chi connectivity index (χ1v) is 13.1. The van der Waals surface area contributed by atoms with E-state index in [1.54, 1.807) is 6.92 Å². The Morgan fingerprint density at radius 3 is 2.41 bits per heavy atom. The molecule has 2 aromatic heterocycles. The van der Waals surface area contributed by atoms with Crippen molar-refractivity contribution in [3.8, 4) is 0 Å². The van der Waals surface area contributed by atoms with Crippen LogP contribution >= 0.6 is 0 Å². The number of carbonyl (C=O) groups excluding carboxylic acids is 1. The zero-order valence-electron chi connectivity index (χ0n) is 21.6. The van der Waals surface area contributed by atoms with E-state index < -0.39 is 0 Å². The van der Waals surface area contributed by atoms with Crippen molar-refractivity contribution in [2.45, 2.75) is 65.2 Å². The molecule has 2 aromatic carbocycles. The minimum Gasteiger partial charge on any atom is -0.423 e. The summed E-state index contributed by atoms with van der Waals surface area (Å²) in [5, 5.41) is 8.81. The van der Waals surface area contributed by atoms with Crippen LogP contribution in [-0.4, -0.2) is 37.3 Å². The predicted octanol–water partition coefficient (Wildman–Crippen LogP) is 5.16. The largest absolute Gasteiger partial charge is 0.423 e. The number of rotatable bonds is 5. The van der Waals surface area contributed by atoms with E-state index in [4.69, 9.17) is 9.40 Å². The number of hydrogen-bond donors (Lipinski definition) is 0. The predicted molar refractivity (Wildman–Crippen MR) is 142 cm³/mol. The van der Waals surface area contributed by atoms with E-state index in [1.807, 2.05) is 52.2 Å². The topological polar surface area (TPSA) is 80.3 Å². The second-order valence-corrected chi connectivity index (χ2v) is 9.62. The smallest absolute Gasteiger partial charge is 0.220 e. The lowest BCUT2D eigenvalue weighted by Gasteiger charge is -2.28.